The van der Waals surface area contributed by atoms with Crippen LogP contribution in [0.15, 0.2) is 77.0 Å². The fraction of sp³-hybridized carbons (Fsp3) is 0.276. The third-order valence-corrected chi connectivity index (χ3v) is 6.83. The van der Waals surface area contributed by atoms with E-state index in [0.29, 0.717) is 35.3 Å². The maximum atomic E-state index is 12.8. The zero-order chi connectivity index (χ0) is 25.8. The number of ether oxygens (including phenoxy) is 1. The Kier molecular flexibility index (Phi) is 7.53. The molecule has 1 aliphatic heterocycles. The summed E-state index contributed by atoms with van der Waals surface area (Å²) in [6.07, 6.45) is 3.56. The lowest BCUT2D eigenvalue weighted by atomic mass is 10.1. The van der Waals surface area contributed by atoms with Crippen LogP contribution in [0, 0.1) is 6.92 Å². The van der Waals surface area contributed by atoms with Gasteiger partial charge in [-0.05, 0) is 86.9 Å². The van der Waals surface area contributed by atoms with E-state index in [1.54, 1.807) is 24.3 Å². The fourth-order valence-corrected chi connectivity index (χ4v) is 4.83. The molecule has 0 spiro atoms. The van der Waals surface area contributed by atoms with Crippen LogP contribution >= 0.6 is 11.6 Å². The first-order chi connectivity index (χ1) is 18.0. The van der Waals surface area contributed by atoms with Crippen LogP contribution in [0.5, 0.6) is 11.6 Å². The summed E-state index contributed by atoms with van der Waals surface area (Å²) in [6.45, 7) is 4.93. The number of piperidine rings is 1. The zero-order valence-electron chi connectivity index (χ0n) is 20.7. The summed E-state index contributed by atoms with van der Waals surface area (Å²) in [4.78, 5) is 15.1. The quantitative estimate of drug-likeness (QED) is 0.262. The molecule has 0 radical (unpaired) electrons. The summed E-state index contributed by atoms with van der Waals surface area (Å²) in [5.41, 5.74) is 3.56. The number of halogens is 1. The molecule has 4 aromatic rings. The number of nitrogens with zero attached hydrogens (tertiary/aromatic N) is 4. The van der Waals surface area contributed by atoms with Crippen LogP contribution in [0.25, 0.3) is 10.9 Å². The molecule has 37 heavy (non-hydrogen) atoms. The number of rotatable bonds is 7. The summed E-state index contributed by atoms with van der Waals surface area (Å²) in [5, 5.41) is 20.7. The Labute approximate surface area is 221 Å². The predicted molar refractivity (Wildman–Crippen MR) is 145 cm³/mol. The van der Waals surface area contributed by atoms with Gasteiger partial charge in [0.05, 0.1) is 12.2 Å². The average molecular weight is 517 g/mol. The normalized spacial score (nSPS) is 14.4. The predicted octanol–water partition coefficient (Wildman–Crippen LogP) is 7.26. The van der Waals surface area contributed by atoms with Crippen LogP contribution in [0.4, 0.5) is 5.69 Å². The summed E-state index contributed by atoms with van der Waals surface area (Å²) >= 11 is 6.02. The van der Waals surface area contributed by atoms with Gasteiger partial charge in [0.2, 0.25) is 5.88 Å². The van der Waals surface area contributed by atoms with E-state index in [1.807, 2.05) is 54.0 Å². The van der Waals surface area contributed by atoms with Crippen molar-refractivity contribution in [2.24, 2.45) is 10.2 Å². The van der Waals surface area contributed by atoms with Crippen molar-refractivity contribution < 1.29 is 14.6 Å². The van der Waals surface area contributed by atoms with E-state index in [4.69, 9.17) is 16.3 Å². The highest BCUT2D eigenvalue weighted by atomic mass is 35.5. The van der Waals surface area contributed by atoms with Crippen LogP contribution in [-0.2, 0) is 13.3 Å². The number of hydrogen-bond acceptors (Lipinski definition) is 5. The molecular formula is C29H29ClN4O3. The standard InChI is InChI=1S/C29H29ClN4O3/c1-20-8-13-26-25(16-20)27(29(36)34(26)19-33-14-3-2-4-15-33)31-32-28(35)22-9-11-24(12-10-22)37-18-21-6-5-7-23(30)17-21/h5-13,16-17,36H,2-4,14-15,18-19H2,1H3. The lowest BCUT2D eigenvalue weighted by Crippen LogP contribution is -2.31. The maximum Gasteiger partial charge on any atom is 0.295 e. The Morgan fingerprint density at radius 2 is 1.81 bits per heavy atom. The number of likely N-dealkylation sites (tertiary alicyclic amines) is 1. The number of fused-ring (bicyclic) bond motifs is 1. The van der Waals surface area contributed by atoms with Gasteiger partial charge in [-0.3, -0.25) is 14.3 Å². The van der Waals surface area contributed by atoms with Gasteiger partial charge in [-0.2, -0.15) is 0 Å². The van der Waals surface area contributed by atoms with Gasteiger partial charge < -0.3 is 9.84 Å². The second kappa shape index (κ2) is 11.2. The van der Waals surface area contributed by atoms with Crippen LogP contribution in [0.1, 0.15) is 40.7 Å². The van der Waals surface area contributed by atoms with E-state index in [0.717, 1.165) is 48.0 Å². The molecular weight excluding hydrogens is 488 g/mol. The number of aromatic nitrogens is 1. The minimum Gasteiger partial charge on any atom is -0.493 e. The largest absolute Gasteiger partial charge is 0.493 e. The van der Waals surface area contributed by atoms with E-state index in [2.05, 4.69) is 15.1 Å². The smallest absolute Gasteiger partial charge is 0.295 e. The fourth-order valence-electron chi connectivity index (χ4n) is 4.62. The summed E-state index contributed by atoms with van der Waals surface area (Å²) in [5.74, 6) is 0.153. The molecule has 1 fully saturated rings. The van der Waals surface area contributed by atoms with Gasteiger partial charge in [0.15, 0.2) is 5.69 Å². The Balaban J connectivity index is 1.32. The van der Waals surface area contributed by atoms with Gasteiger partial charge in [-0.1, -0.05) is 41.8 Å². The molecule has 3 aromatic carbocycles. The van der Waals surface area contributed by atoms with Crippen molar-refractivity contribution in [1.29, 1.82) is 0 Å². The SMILES string of the molecule is Cc1ccc2c(c1)c(N=NC(=O)c1ccc(OCc3cccc(Cl)c3)cc1)c(O)n2CN1CCCCC1. The first-order valence-corrected chi connectivity index (χ1v) is 12.8. The number of carbonyl (C=O) groups excluding carboxylic acids is 1. The van der Waals surface area contributed by atoms with Crippen molar-refractivity contribution in [3.05, 3.63) is 88.4 Å². The molecule has 0 saturated carbocycles. The van der Waals surface area contributed by atoms with Gasteiger partial charge in [0, 0.05) is 16.0 Å². The minimum atomic E-state index is -0.495. The van der Waals surface area contributed by atoms with E-state index in [-0.39, 0.29) is 5.88 Å². The number of aryl methyl sites for hydroxylation is 1. The van der Waals surface area contributed by atoms with Crippen LogP contribution in [0.2, 0.25) is 5.02 Å². The molecule has 1 saturated heterocycles. The Morgan fingerprint density at radius 1 is 1.03 bits per heavy atom. The maximum absolute atomic E-state index is 12.8. The first kappa shape index (κ1) is 25.0. The van der Waals surface area contributed by atoms with Gasteiger partial charge >= 0.3 is 0 Å². The van der Waals surface area contributed by atoms with Crippen molar-refractivity contribution in [2.45, 2.75) is 39.5 Å². The zero-order valence-corrected chi connectivity index (χ0v) is 21.5. The molecule has 0 aliphatic carbocycles. The molecule has 1 amide bonds. The van der Waals surface area contributed by atoms with E-state index in [9.17, 15) is 9.90 Å². The Hall–Kier alpha value is -3.68. The van der Waals surface area contributed by atoms with Gasteiger partial charge in [-0.15, -0.1) is 10.2 Å². The number of carbonyl (C=O) groups is 1. The lowest BCUT2D eigenvalue weighted by Gasteiger charge is -2.27. The second-order valence-corrected chi connectivity index (χ2v) is 9.83. The molecule has 0 unspecified atom stereocenters. The number of azo groups is 1. The highest BCUT2D eigenvalue weighted by Gasteiger charge is 2.20. The number of benzene rings is 3. The molecule has 1 aliphatic rings. The summed E-state index contributed by atoms with van der Waals surface area (Å²) in [6, 6.07) is 20.2. The summed E-state index contributed by atoms with van der Waals surface area (Å²) in [7, 11) is 0. The highest BCUT2D eigenvalue weighted by Crippen LogP contribution is 2.39. The number of hydrogen-bond donors (Lipinski definition) is 1. The molecule has 1 N–H and O–H groups in total. The van der Waals surface area contributed by atoms with Crippen molar-refractivity contribution in [3.8, 4) is 11.6 Å². The molecule has 5 rings (SSSR count). The summed E-state index contributed by atoms with van der Waals surface area (Å²) < 4.78 is 7.64. The molecule has 8 heteroatoms. The molecule has 7 nitrogen and oxygen atoms in total. The Bertz CT molecular complexity index is 1440. The average Bonchev–Trinajstić information content (AvgIpc) is 3.16. The minimum absolute atomic E-state index is 0.0208. The second-order valence-electron chi connectivity index (χ2n) is 9.39. The van der Waals surface area contributed by atoms with Gasteiger partial charge in [0.1, 0.15) is 12.4 Å². The van der Waals surface area contributed by atoms with Gasteiger partial charge in [0.25, 0.3) is 5.91 Å². The van der Waals surface area contributed by atoms with Gasteiger partial charge in [-0.25, -0.2) is 0 Å². The highest BCUT2D eigenvalue weighted by molar-refractivity contribution is 6.30. The number of aromatic hydroxyl groups is 1. The third-order valence-electron chi connectivity index (χ3n) is 6.59. The van der Waals surface area contributed by atoms with Crippen molar-refractivity contribution >= 4 is 34.1 Å². The van der Waals surface area contributed by atoms with Crippen LogP contribution in [-0.4, -0.2) is 33.6 Å². The molecule has 1 aromatic heterocycles. The molecule has 190 valence electrons. The molecule has 0 atom stereocenters. The Morgan fingerprint density at radius 3 is 2.57 bits per heavy atom. The topological polar surface area (TPSA) is 79.4 Å². The third kappa shape index (κ3) is 5.84. The van der Waals surface area contributed by atoms with Crippen LogP contribution in [0.3, 0.4) is 0 Å². The molecule has 0 bridgehead atoms. The number of amides is 1. The van der Waals surface area contributed by atoms with E-state index >= 15 is 0 Å². The molecule has 2 heterocycles. The monoisotopic (exact) mass is 516 g/mol. The van der Waals surface area contributed by atoms with E-state index in [1.165, 1.54) is 6.42 Å². The van der Waals surface area contributed by atoms with Crippen molar-refractivity contribution in [3.63, 3.8) is 0 Å². The van der Waals surface area contributed by atoms with E-state index < -0.39 is 5.91 Å². The van der Waals surface area contributed by atoms with Crippen molar-refractivity contribution in [2.75, 3.05) is 13.1 Å². The lowest BCUT2D eigenvalue weighted by molar-refractivity contribution is 0.0995. The van der Waals surface area contributed by atoms with Crippen LogP contribution < -0.4 is 4.74 Å². The first-order valence-electron chi connectivity index (χ1n) is 12.5. The van der Waals surface area contributed by atoms with Crippen molar-refractivity contribution in [1.82, 2.24) is 9.47 Å².